The van der Waals surface area contributed by atoms with Gasteiger partial charge in [0.15, 0.2) is 11.5 Å². The van der Waals surface area contributed by atoms with Crippen molar-refractivity contribution in [1.82, 2.24) is 4.98 Å². The number of hydrogen-bond donors (Lipinski definition) is 2. The zero-order valence-electron chi connectivity index (χ0n) is 14.3. The number of aromatic amines is 1. The Morgan fingerprint density at radius 3 is 2.88 bits per heavy atom. The minimum absolute atomic E-state index is 0.139. The predicted octanol–water partition coefficient (Wildman–Crippen LogP) is 4.05. The number of H-pyrrole nitrogens is 1. The second-order valence-corrected chi connectivity index (χ2v) is 6.19. The average molecular weight is 353 g/mol. The lowest BCUT2D eigenvalue weighted by atomic mass is 10.1. The summed E-state index contributed by atoms with van der Waals surface area (Å²) in [6.45, 7) is 2.22. The molecule has 0 saturated heterocycles. The predicted molar refractivity (Wildman–Crippen MR) is 95.9 cm³/mol. The topological polar surface area (TPSA) is 80.8 Å². The van der Waals surface area contributed by atoms with E-state index >= 15 is 0 Å². The lowest BCUT2D eigenvalue weighted by Gasteiger charge is -2.19. The molecule has 2 heterocycles. The Kier molecular flexibility index (Phi) is 4.16. The Balaban J connectivity index is 1.75. The normalized spacial score (nSPS) is 13.7. The van der Waals surface area contributed by atoms with Crippen molar-refractivity contribution < 1.29 is 24.1 Å². The van der Waals surface area contributed by atoms with E-state index in [0.717, 1.165) is 29.3 Å². The summed E-state index contributed by atoms with van der Waals surface area (Å²) in [7, 11) is 0. The number of nitrogens with one attached hydrogen (secondary N) is 1. The number of hydrogen-bond acceptors (Lipinski definition) is 4. The average Bonchev–Trinajstić information content (AvgIpc) is 3.28. The SMILES string of the molecule is CCCc1ccc2cc[nH]c2c1OC(C(=O)O)c1ccc2c(c1)OCO2. The Hall–Kier alpha value is -3.15. The Bertz CT molecular complexity index is 962. The lowest BCUT2D eigenvalue weighted by Crippen LogP contribution is -2.19. The van der Waals surface area contributed by atoms with E-state index in [1.54, 1.807) is 18.2 Å². The molecular formula is C20H19NO5. The molecule has 0 saturated carbocycles. The second kappa shape index (κ2) is 6.63. The third-order valence-electron chi connectivity index (χ3n) is 4.44. The fraction of sp³-hybridized carbons (Fsp3) is 0.250. The van der Waals surface area contributed by atoms with Crippen LogP contribution in [0.25, 0.3) is 10.9 Å². The Morgan fingerprint density at radius 2 is 2.08 bits per heavy atom. The molecule has 6 nitrogen and oxygen atoms in total. The van der Waals surface area contributed by atoms with Crippen molar-refractivity contribution in [2.75, 3.05) is 6.79 Å². The molecular weight excluding hydrogens is 334 g/mol. The summed E-state index contributed by atoms with van der Waals surface area (Å²) >= 11 is 0. The monoisotopic (exact) mass is 353 g/mol. The molecule has 0 fully saturated rings. The van der Waals surface area contributed by atoms with Gasteiger partial charge in [-0.3, -0.25) is 0 Å². The highest BCUT2D eigenvalue weighted by molar-refractivity contribution is 5.87. The van der Waals surface area contributed by atoms with Crippen LogP contribution in [0.4, 0.5) is 0 Å². The van der Waals surface area contributed by atoms with Gasteiger partial charge in [0, 0.05) is 17.1 Å². The van der Waals surface area contributed by atoms with Crippen molar-refractivity contribution in [3.8, 4) is 17.2 Å². The molecule has 0 amide bonds. The zero-order valence-corrected chi connectivity index (χ0v) is 14.3. The third kappa shape index (κ3) is 2.83. The molecule has 134 valence electrons. The van der Waals surface area contributed by atoms with Crippen LogP contribution in [0.5, 0.6) is 17.2 Å². The molecule has 26 heavy (non-hydrogen) atoms. The van der Waals surface area contributed by atoms with E-state index in [-0.39, 0.29) is 6.79 Å². The van der Waals surface area contributed by atoms with Crippen molar-refractivity contribution in [3.63, 3.8) is 0 Å². The molecule has 1 aliphatic rings. The largest absolute Gasteiger partial charge is 0.478 e. The first-order chi connectivity index (χ1) is 12.7. The van der Waals surface area contributed by atoms with Crippen LogP contribution in [0, 0.1) is 0 Å². The Morgan fingerprint density at radius 1 is 1.23 bits per heavy atom. The molecule has 1 aliphatic heterocycles. The van der Waals surface area contributed by atoms with Gasteiger partial charge in [-0.15, -0.1) is 0 Å². The highest BCUT2D eigenvalue weighted by Crippen LogP contribution is 2.37. The van der Waals surface area contributed by atoms with Crippen LogP contribution < -0.4 is 14.2 Å². The standard InChI is InChI=1S/C20H19NO5/c1-2-3-13-5-4-12-8-9-21-17(12)18(13)26-19(20(22)23)14-6-7-15-16(10-14)25-11-24-15/h4-10,19,21H,2-3,11H2,1H3,(H,22,23). The molecule has 0 bridgehead atoms. The van der Waals surface area contributed by atoms with Crippen LogP contribution in [0.2, 0.25) is 0 Å². The highest BCUT2D eigenvalue weighted by Gasteiger charge is 2.27. The van der Waals surface area contributed by atoms with E-state index in [4.69, 9.17) is 14.2 Å². The molecule has 0 spiro atoms. The van der Waals surface area contributed by atoms with E-state index in [0.29, 0.717) is 22.8 Å². The molecule has 2 aromatic carbocycles. The van der Waals surface area contributed by atoms with Crippen LogP contribution in [-0.4, -0.2) is 22.9 Å². The fourth-order valence-electron chi connectivity index (χ4n) is 3.20. The van der Waals surface area contributed by atoms with Gasteiger partial charge in [-0.05, 0) is 30.2 Å². The van der Waals surface area contributed by atoms with Gasteiger partial charge in [0.2, 0.25) is 12.9 Å². The summed E-state index contributed by atoms with van der Waals surface area (Å²) in [4.78, 5) is 15.1. The first-order valence-electron chi connectivity index (χ1n) is 8.55. The van der Waals surface area contributed by atoms with Crippen molar-refractivity contribution >= 4 is 16.9 Å². The smallest absolute Gasteiger partial charge is 0.349 e. The summed E-state index contributed by atoms with van der Waals surface area (Å²) in [6, 6.07) is 11.0. The molecule has 6 heteroatoms. The van der Waals surface area contributed by atoms with Gasteiger partial charge < -0.3 is 24.3 Å². The first-order valence-corrected chi connectivity index (χ1v) is 8.55. The maximum Gasteiger partial charge on any atom is 0.349 e. The van der Waals surface area contributed by atoms with Gasteiger partial charge in [-0.2, -0.15) is 0 Å². The molecule has 0 radical (unpaired) electrons. The molecule has 0 aliphatic carbocycles. The quantitative estimate of drug-likeness (QED) is 0.699. The number of aromatic nitrogens is 1. The van der Waals surface area contributed by atoms with Crippen molar-refractivity contribution in [2.24, 2.45) is 0 Å². The minimum atomic E-state index is -1.14. The summed E-state index contributed by atoms with van der Waals surface area (Å²) in [5.41, 5.74) is 2.30. The van der Waals surface area contributed by atoms with Gasteiger partial charge in [0.05, 0.1) is 5.52 Å². The van der Waals surface area contributed by atoms with Gasteiger partial charge in [0.25, 0.3) is 0 Å². The molecule has 4 rings (SSSR count). The fourth-order valence-corrected chi connectivity index (χ4v) is 3.20. The van der Waals surface area contributed by atoms with Gasteiger partial charge in [-0.25, -0.2) is 4.79 Å². The number of aliphatic carboxylic acids is 1. The molecule has 1 aromatic heterocycles. The van der Waals surface area contributed by atoms with E-state index < -0.39 is 12.1 Å². The van der Waals surface area contributed by atoms with Crippen molar-refractivity contribution in [3.05, 3.63) is 53.7 Å². The molecule has 1 unspecified atom stereocenters. The van der Waals surface area contributed by atoms with Crippen LogP contribution in [0.3, 0.4) is 0 Å². The van der Waals surface area contributed by atoms with Crippen LogP contribution >= 0.6 is 0 Å². The summed E-state index contributed by atoms with van der Waals surface area (Å²) < 4.78 is 16.7. The van der Waals surface area contributed by atoms with Crippen LogP contribution in [0.15, 0.2) is 42.6 Å². The molecule has 2 N–H and O–H groups in total. The number of fused-ring (bicyclic) bond motifs is 2. The number of ether oxygens (including phenoxy) is 3. The number of rotatable bonds is 6. The maximum absolute atomic E-state index is 11.9. The first kappa shape index (κ1) is 16.3. The summed E-state index contributed by atoms with van der Waals surface area (Å²) in [6.07, 6.45) is 2.42. The summed E-state index contributed by atoms with van der Waals surface area (Å²) in [5, 5.41) is 10.8. The van der Waals surface area contributed by atoms with Gasteiger partial charge in [-0.1, -0.05) is 31.5 Å². The van der Waals surface area contributed by atoms with Gasteiger partial charge >= 0.3 is 5.97 Å². The van der Waals surface area contributed by atoms with Crippen LogP contribution in [0.1, 0.15) is 30.6 Å². The Labute approximate surface area is 150 Å². The lowest BCUT2D eigenvalue weighted by molar-refractivity contribution is -0.145. The number of carbonyl (C=O) groups is 1. The number of aryl methyl sites for hydroxylation is 1. The second-order valence-electron chi connectivity index (χ2n) is 6.19. The molecule has 3 aromatic rings. The highest BCUT2D eigenvalue weighted by atomic mass is 16.7. The number of carboxylic acids is 1. The third-order valence-corrected chi connectivity index (χ3v) is 4.44. The minimum Gasteiger partial charge on any atom is -0.478 e. The molecule has 1 atom stereocenters. The van der Waals surface area contributed by atoms with Crippen LogP contribution in [-0.2, 0) is 11.2 Å². The van der Waals surface area contributed by atoms with E-state index in [1.807, 2.05) is 24.4 Å². The maximum atomic E-state index is 11.9. The van der Waals surface area contributed by atoms with Crippen molar-refractivity contribution in [2.45, 2.75) is 25.9 Å². The van der Waals surface area contributed by atoms with E-state index in [9.17, 15) is 9.90 Å². The van der Waals surface area contributed by atoms with Crippen molar-refractivity contribution in [1.29, 1.82) is 0 Å². The van der Waals surface area contributed by atoms with Gasteiger partial charge in [0.1, 0.15) is 5.75 Å². The number of benzene rings is 2. The zero-order chi connectivity index (χ0) is 18.1. The van der Waals surface area contributed by atoms with E-state index in [1.165, 1.54) is 0 Å². The van der Waals surface area contributed by atoms with E-state index in [2.05, 4.69) is 11.9 Å². The number of carboxylic acid groups (broad SMARTS) is 1. The summed E-state index contributed by atoms with van der Waals surface area (Å²) in [5.74, 6) is 0.662.